The van der Waals surface area contributed by atoms with Crippen LogP contribution in [0.15, 0.2) is 18.2 Å². The summed E-state index contributed by atoms with van der Waals surface area (Å²) in [7, 11) is 0. The monoisotopic (exact) mass is 284 g/mol. The molecule has 1 atom stereocenters. The van der Waals surface area contributed by atoms with Gasteiger partial charge >= 0.3 is 11.7 Å². The second-order valence-electron chi connectivity index (χ2n) is 4.41. The van der Waals surface area contributed by atoms with Gasteiger partial charge in [0.1, 0.15) is 6.04 Å². The number of carboxylic acid groups (broad SMARTS) is 1. The number of carbonyl (C=O) groups is 1. The Bertz CT molecular complexity index is 537. The van der Waals surface area contributed by atoms with Gasteiger partial charge in [-0.3, -0.25) is 19.8 Å². The highest BCUT2D eigenvalue weighted by molar-refractivity contribution is 5.73. The summed E-state index contributed by atoms with van der Waals surface area (Å²) in [5, 5.41) is 19.8. The van der Waals surface area contributed by atoms with Gasteiger partial charge < -0.3 is 9.84 Å². The lowest BCUT2D eigenvalue weighted by Gasteiger charge is -2.32. The average molecular weight is 284 g/mol. The van der Waals surface area contributed by atoms with Crippen LogP contribution in [-0.2, 0) is 16.1 Å². The minimum Gasteiger partial charge on any atom is -0.480 e. The zero-order valence-corrected chi connectivity index (χ0v) is 10.5. The summed E-state index contributed by atoms with van der Waals surface area (Å²) < 4.78 is 19.0. The van der Waals surface area contributed by atoms with Crippen LogP contribution in [0.4, 0.5) is 10.1 Å². The van der Waals surface area contributed by atoms with Crippen LogP contribution >= 0.6 is 0 Å². The molecule has 0 bridgehead atoms. The molecule has 1 aromatic carbocycles. The number of morpholine rings is 1. The summed E-state index contributed by atoms with van der Waals surface area (Å²) in [5.41, 5.74) is -0.505. The maximum absolute atomic E-state index is 14.0. The van der Waals surface area contributed by atoms with Gasteiger partial charge in [-0.25, -0.2) is 0 Å². The van der Waals surface area contributed by atoms with Crippen LogP contribution in [0, 0.1) is 15.9 Å². The molecule has 0 spiro atoms. The van der Waals surface area contributed by atoms with E-state index in [9.17, 15) is 19.3 Å². The first-order valence-corrected chi connectivity index (χ1v) is 5.97. The molecule has 108 valence electrons. The molecule has 1 aromatic rings. The van der Waals surface area contributed by atoms with Crippen molar-refractivity contribution < 1.29 is 24.0 Å². The lowest BCUT2D eigenvalue weighted by molar-refractivity contribution is -0.387. The fourth-order valence-corrected chi connectivity index (χ4v) is 2.10. The first kappa shape index (κ1) is 14.4. The summed E-state index contributed by atoms with van der Waals surface area (Å²) in [5.74, 6) is -1.98. The predicted octanol–water partition coefficient (Wildman–Crippen LogP) is 1.02. The number of hydrogen-bond donors (Lipinski definition) is 1. The molecule has 1 heterocycles. The Morgan fingerprint density at radius 1 is 1.60 bits per heavy atom. The van der Waals surface area contributed by atoms with Crippen molar-refractivity contribution in [2.45, 2.75) is 12.6 Å². The molecule has 1 saturated heterocycles. The maximum Gasteiger partial charge on any atom is 0.323 e. The second kappa shape index (κ2) is 5.93. The fraction of sp³-hybridized carbons (Fsp3) is 0.417. The van der Waals surface area contributed by atoms with E-state index in [1.807, 2.05) is 0 Å². The van der Waals surface area contributed by atoms with E-state index in [-0.39, 0.29) is 18.7 Å². The molecule has 1 fully saturated rings. The van der Waals surface area contributed by atoms with E-state index in [1.165, 1.54) is 17.0 Å². The standard InChI is InChI=1S/C12H13FN2O5/c13-11-8(2-1-3-9(11)15(18)19)6-14-4-5-20-7-10(14)12(16)17/h1-3,10H,4-7H2,(H,16,17). The van der Waals surface area contributed by atoms with E-state index < -0.39 is 28.4 Å². The Kier molecular flexibility index (Phi) is 4.26. The molecule has 0 amide bonds. The SMILES string of the molecule is O=C(O)C1COCCN1Cc1cccc([N+](=O)[O-])c1F. The van der Waals surface area contributed by atoms with Gasteiger partial charge in [0, 0.05) is 24.7 Å². The average Bonchev–Trinajstić information content (AvgIpc) is 2.41. The van der Waals surface area contributed by atoms with Crippen LogP contribution in [0.5, 0.6) is 0 Å². The predicted molar refractivity (Wildman–Crippen MR) is 65.7 cm³/mol. The number of rotatable bonds is 4. The number of nitrogens with zero attached hydrogens (tertiary/aromatic N) is 2. The lowest BCUT2D eigenvalue weighted by atomic mass is 10.1. The van der Waals surface area contributed by atoms with Crippen molar-refractivity contribution in [3.8, 4) is 0 Å². The van der Waals surface area contributed by atoms with Crippen molar-refractivity contribution in [2.24, 2.45) is 0 Å². The van der Waals surface area contributed by atoms with Crippen LogP contribution < -0.4 is 0 Å². The van der Waals surface area contributed by atoms with Gasteiger partial charge in [0.2, 0.25) is 5.82 Å². The molecule has 0 aliphatic carbocycles. The van der Waals surface area contributed by atoms with Gasteiger partial charge in [-0.1, -0.05) is 12.1 Å². The smallest absolute Gasteiger partial charge is 0.323 e. The van der Waals surface area contributed by atoms with Crippen LogP contribution in [0.3, 0.4) is 0 Å². The molecule has 1 aliphatic rings. The Labute approximate surface area is 113 Å². The summed E-state index contributed by atoms with van der Waals surface area (Å²) >= 11 is 0. The molecular formula is C12H13FN2O5. The Balaban J connectivity index is 2.22. The molecule has 1 unspecified atom stereocenters. The Hall–Kier alpha value is -2.06. The zero-order valence-electron chi connectivity index (χ0n) is 10.5. The molecule has 0 aromatic heterocycles. The van der Waals surface area contributed by atoms with Crippen LogP contribution in [-0.4, -0.2) is 46.7 Å². The quantitative estimate of drug-likeness (QED) is 0.655. The number of nitro benzene ring substituents is 1. The molecule has 0 saturated carbocycles. The summed E-state index contributed by atoms with van der Waals surface area (Å²) in [6.07, 6.45) is 0. The third-order valence-corrected chi connectivity index (χ3v) is 3.15. The third-order valence-electron chi connectivity index (χ3n) is 3.15. The number of benzene rings is 1. The topological polar surface area (TPSA) is 92.9 Å². The van der Waals surface area contributed by atoms with Crippen LogP contribution in [0.2, 0.25) is 0 Å². The van der Waals surface area contributed by atoms with Crippen LogP contribution in [0.25, 0.3) is 0 Å². The normalized spacial score (nSPS) is 19.8. The van der Waals surface area contributed by atoms with E-state index in [2.05, 4.69) is 0 Å². The van der Waals surface area contributed by atoms with Crippen molar-refractivity contribution in [2.75, 3.05) is 19.8 Å². The van der Waals surface area contributed by atoms with Gasteiger partial charge in [0.25, 0.3) is 0 Å². The molecule has 8 heteroatoms. The van der Waals surface area contributed by atoms with Crippen molar-refractivity contribution in [1.82, 2.24) is 4.90 Å². The van der Waals surface area contributed by atoms with Crippen molar-refractivity contribution in [3.05, 3.63) is 39.7 Å². The van der Waals surface area contributed by atoms with Crippen molar-refractivity contribution in [3.63, 3.8) is 0 Å². The zero-order chi connectivity index (χ0) is 14.7. The van der Waals surface area contributed by atoms with E-state index >= 15 is 0 Å². The van der Waals surface area contributed by atoms with E-state index in [1.54, 1.807) is 0 Å². The van der Waals surface area contributed by atoms with Gasteiger partial charge in [-0.05, 0) is 0 Å². The lowest BCUT2D eigenvalue weighted by Crippen LogP contribution is -2.49. The minimum atomic E-state index is -1.06. The summed E-state index contributed by atoms with van der Waals surface area (Å²) in [6.45, 7) is 0.694. The number of halogens is 1. The number of carboxylic acids is 1. The van der Waals surface area contributed by atoms with Crippen molar-refractivity contribution in [1.29, 1.82) is 0 Å². The third kappa shape index (κ3) is 2.91. The fourth-order valence-electron chi connectivity index (χ4n) is 2.10. The van der Waals surface area contributed by atoms with E-state index in [4.69, 9.17) is 9.84 Å². The summed E-state index contributed by atoms with van der Waals surface area (Å²) in [4.78, 5) is 22.5. The Morgan fingerprint density at radius 3 is 3.00 bits per heavy atom. The number of hydrogen-bond acceptors (Lipinski definition) is 5. The highest BCUT2D eigenvalue weighted by Gasteiger charge is 2.30. The molecule has 2 rings (SSSR count). The van der Waals surface area contributed by atoms with Crippen LogP contribution in [0.1, 0.15) is 5.56 Å². The molecule has 1 N–H and O–H groups in total. The van der Waals surface area contributed by atoms with E-state index in [0.717, 1.165) is 6.07 Å². The van der Waals surface area contributed by atoms with Gasteiger partial charge in [0.15, 0.2) is 0 Å². The first-order valence-electron chi connectivity index (χ1n) is 5.97. The van der Waals surface area contributed by atoms with Gasteiger partial charge in [-0.15, -0.1) is 0 Å². The largest absolute Gasteiger partial charge is 0.480 e. The number of ether oxygens (including phenoxy) is 1. The highest BCUT2D eigenvalue weighted by Crippen LogP contribution is 2.22. The van der Waals surface area contributed by atoms with Gasteiger partial charge in [0.05, 0.1) is 18.1 Å². The summed E-state index contributed by atoms with van der Waals surface area (Å²) in [6, 6.07) is 3.00. The molecule has 0 radical (unpaired) electrons. The molecular weight excluding hydrogens is 271 g/mol. The molecule has 7 nitrogen and oxygen atoms in total. The molecule has 20 heavy (non-hydrogen) atoms. The second-order valence-corrected chi connectivity index (χ2v) is 4.41. The Morgan fingerprint density at radius 2 is 2.35 bits per heavy atom. The number of nitro groups is 1. The first-order chi connectivity index (χ1) is 9.50. The number of aliphatic carboxylic acids is 1. The van der Waals surface area contributed by atoms with E-state index in [0.29, 0.717) is 13.2 Å². The van der Waals surface area contributed by atoms with Crippen molar-refractivity contribution >= 4 is 11.7 Å². The highest BCUT2D eigenvalue weighted by atomic mass is 19.1. The molecule has 1 aliphatic heterocycles. The van der Waals surface area contributed by atoms with Gasteiger partial charge in [-0.2, -0.15) is 4.39 Å². The maximum atomic E-state index is 14.0. The minimum absolute atomic E-state index is 0.00611.